The normalized spacial score (nSPS) is 22.4. The van der Waals surface area contributed by atoms with Crippen molar-refractivity contribution in [1.29, 1.82) is 0 Å². The lowest BCUT2D eigenvalue weighted by Gasteiger charge is -2.28. The van der Waals surface area contributed by atoms with Crippen LogP contribution >= 0.6 is 0 Å². The second-order valence-corrected chi connectivity index (χ2v) is 5.07. The summed E-state index contributed by atoms with van der Waals surface area (Å²) in [6.45, 7) is 0. The first-order valence-electron chi connectivity index (χ1n) is 6.71. The Labute approximate surface area is 115 Å². The summed E-state index contributed by atoms with van der Waals surface area (Å²) >= 11 is 0. The lowest BCUT2D eigenvalue weighted by Crippen LogP contribution is -2.40. The zero-order valence-corrected chi connectivity index (χ0v) is 11.4. The van der Waals surface area contributed by atoms with E-state index in [1.807, 2.05) is 0 Å². The molecule has 7 nitrogen and oxygen atoms in total. The number of methoxy groups -OCH3 is 1. The Kier molecular flexibility index (Phi) is 4.73. The average Bonchev–Trinajstić information content (AvgIpc) is 2.43. The summed E-state index contributed by atoms with van der Waals surface area (Å²) in [6.07, 6.45) is 3.79. The summed E-state index contributed by atoms with van der Waals surface area (Å²) in [7, 11) is 1.70. The smallest absolute Gasteiger partial charge is 0.266 e. The fraction of sp³-hybridized carbons (Fsp3) is 0.615. The monoisotopic (exact) mass is 281 g/mol. The molecule has 1 aliphatic carbocycles. The standard InChI is InChI=1S/C13H19N3O4/c1-20-10-4-2-9(3-5-10)14-11(17)6-8-7-12(18)15-16-13(8)19/h7,9-10H,2-6H2,1H3,(H,14,17)(H,15,18)(H,16,19). The molecule has 0 atom stereocenters. The van der Waals surface area contributed by atoms with Crippen LogP contribution in [-0.4, -0.2) is 35.4 Å². The van der Waals surface area contributed by atoms with Gasteiger partial charge in [-0.05, 0) is 25.7 Å². The largest absolute Gasteiger partial charge is 0.381 e. The Morgan fingerprint density at radius 2 is 2.00 bits per heavy atom. The van der Waals surface area contributed by atoms with Gasteiger partial charge in [-0.15, -0.1) is 0 Å². The molecule has 2 rings (SSSR count). The minimum absolute atomic E-state index is 0.0799. The number of hydrogen-bond donors (Lipinski definition) is 3. The van der Waals surface area contributed by atoms with Crippen molar-refractivity contribution in [3.05, 3.63) is 32.3 Å². The van der Waals surface area contributed by atoms with Gasteiger partial charge in [-0.1, -0.05) is 0 Å². The Bertz CT molecular complexity index is 569. The highest BCUT2D eigenvalue weighted by Gasteiger charge is 2.22. The molecule has 0 aromatic carbocycles. The van der Waals surface area contributed by atoms with E-state index in [4.69, 9.17) is 4.74 Å². The number of carbonyl (C=O) groups is 1. The molecule has 0 aliphatic heterocycles. The molecule has 0 radical (unpaired) electrons. The molecule has 1 saturated carbocycles. The van der Waals surface area contributed by atoms with Crippen molar-refractivity contribution in [3.8, 4) is 0 Å². The van der Waals surface area contributed by atoms with Gasteiger partial charge in [0.2, 0.25) is 5.91 Å². The number of aromatic nitrogens is 2. The molecule has 1 aromatic heterocycles. The predicted octanol–water partition coefficient (Wildman–Crippen LogP) is -0.320. The van der Waals surface area contributed by atoms with Gasteiger partial charge in [-0.3, -0.25) is 24.6 Å². The summed E-state index contributed by atoms with van der Waals surface area (Å²) in [4.78, 5) is 34.5. The number of carbonyl (C=O) groups excluding carboxylic acids is 1. The highest BCUT2D eigenvalue weighted by atomic mass is 16.5. The minimum atomic E-state index is -0.442. The van der Waals surface area contributed by atoms with E-state index in [1.165, 1.54) is 0 Å². The van der Waals surface area contributed by atoms with Crippen molar-refractivity contribution in [1.82, 2.24) is 15.5 Å². The zero-order valence-electron chi connectivity index (χ0n) is 11.4. The highest BCUT2D eigenvalue weighted by molar-refractivity contribution is 5.78. The maximum absolute atomic E-state index is 11.9. The van der Waals surface area contributed by atoms with Crippen LogP contribution in [0.15, 0.2) is 15.7 Å². The molecule has 0 bridgehead atoms. The van der Waals surface area contributed by atoms with Crippen LogP contribution in [0, 0.1) is 0 Å². The van der Waals surface area contributed by atoms with E-state index in [0.717, 1.165) is 31.7 Å². The first-order chi connectivity index (χ1) is 9.58. The maximum Gasteiger partial charge on any atom is 0.266 e. The zero-order chi connectivity index (χ0) is 14.5. The molecule has 1 fully saturated rings. The SMILES string of the molecule is COC1CCC(NC(=O)Cc2cc(=O)[nH][nH]c2=O)CC1. The van der Waals surface area contributed by atoms with Gasteiger partial charge in [0.05, 0.1) is 12.5 Å². The molecule has 7 heteroatoms. The van der Waals surface area contributed by atoms with Crippen molar-refractivity contribution in [3.63, 3.8) is 0 Å². The van der Waals surface area contributed by atoms with Crippen LogP contribution in [0.3, 0.4) is 0 Å². The van der Waals surface area contributed by atoms with Gasteiger partial charge in [-0.25, -0.2) is 0 Å². The van der Waals surface area contributed by atoms with Crippen LogP contribution in [0.5, 0.6) is 0 Å². The lowest BCUT2D eigenvalue weighted by molar-refractivity contribution is -0.121. The quantitative estimate of drug-likeness (QED) is 0.703. The van der Waals surface area contributed by atoms with Crippen molar-refractivity contribution in [2.45, 2.75) is 44.2 Å². The Morgan fingerprint density at radius 1 is 1.30 bits per heavy atom. The molecule has 20 heavy (non-hydrogen) atoms. The molecular formula is C13H19N3O4. The molecule has 3 N–H and O–H groups in total. The number of H-pyrrole nitrogens is 2. The summed E-state index contributed by atoms with van der Waals surface area (Å²) in [6, 6.07) is 1.27. The van der Waals surface area contributed by atoms with Gasteiger partial charge < -0.3 is 10.1 Å². The van der Waals surface area contributed by atoms with Gasteiger partial charge in [0.15, 0.2) is 0 Å². The molecule has 1 aliphatic rings. The predicted molar refractivity (Wildman–Crippen MR) is 72.6 cm³/mol. The van der Waals surface area contributed by atoms with E-state index < -0.39 is 11.1 Å². The highest BCUT2D eigenvalue weighted by Crippen LogP contribution is 2.20. The number of hydrogen-bond acceptors (Lipinski definition) is 4. The third kappa shape index (κ3) is 3.80. The Hall–Kier alpha value is -1.89. The molecule has 0 unspecified atom stereocenters. The third-order valence-electron chi connectivity index (χ3n) is 3.62. The summed E-state index contributed by atoms with van der Waals surface area (Å²) in [5, 5.41) is 7.27. The van der Waals surface area contributed by atoms with Gasteiger partial charge in [0, 0.05) is 24.8 Å². The number of amides is 1. The van der Waals surface area contributed by atoms with Gasteiger partial charge in [-0.2, -0.15) is 0 Å². The van der Waals surface area contributed by atoms with Crippen molar-refractivity contribution in [2.75, 3.05) is 7.11 Å². The number of aromatic amines is 2. The average molecular weight is 281 g/mol. The van der Waals surface area contributed by atoms with Gasteiger partial charge in [0.25, 0.3) is 11.1 Å². The number of rotatable bonds is 4. The fourth-order valence-electron chi connectivity index (χ4n) is 2.48. The molecule has 110 valence electrons. The Balaban J connectivity index is 1.88. The van der Waals surface area contributed by atoms with Crippen LogP contribution < -0.4 is 16.4 Å². The molecule has 1 aromatic rings. The van der Waals surface area contributed by atoms with Crippen molar-refractivity contribution < 1.29 is 9.53 Å². The lowest BCUT2D eigenvalue weighted by atomic mass is 9.93. The van der Waals surface area contributed by atoms with Crippen molar-refractivity contribution >= 4 is 5.91 Å². The first kappa shape index (κ1) is 14.5. The van der Waals surface area contributed by atoms with E-state index in [2.05, 4.69) is 15.5 Å². The van der Waals surface area contributed by atoms with E-state index in [9.17, 15) is 14.4 Å². The molecular weight excluding hydrogens is 262 g/mol. The van der Waals surface area contributed by atoms with E-state index >= 15 is 0 Å². The fourth-order valence-corrected chi connectivity index (χ4v) is 2.48. The summed E-state index contributed by atoms with van der Waals surface area (Å²) in [5.41, 5.74) is -0.687. The topological polar surface area (TPSA) is 104 Å². The van der Waals surface area contributed by atoms with Crippen LogP contribution in [0.2, 0.25) is 0 Å². The molecule has 1 heterocycles. The summed E-state index contributed by atoms with van der Waals surface area (Å²) in [5.74, 6) is -0.234. The third-order valence-corrected chi connectivity index (χ3v) is 3.62. The maximum atomic E-state index is 11.9. The van der Waals surface area contributed by atoms with Crippen LogP contribution in [0.4, 0.5) is 0 Å². The molecule has 0 spiro atoms. The van der Waals surface area contributed by atoms with Crippen LogP contribution in [0.25, 0.3) is 0 Å². The van der Waals surface area contributed by atoms with Crippen LogP contribution in [-0.2, 0) is 16.0 Å². The number of nitrogens with one attached hydrogen (secondary N) is 3. The van der Waals surface area contributed by atoms with E-state index in [1.54, 1.807) is 7.11 Å². The molecule has 1 amide bonds. The second-order valence-electron chi connectivity index (χ2n) is 5.07. The van der Waals surface area contributed by atoms with Crippen molar-refractivity contribution in [2.24, 2.45) is 0 Å². The van der Waals surface area contributed by atoms with E-state index in [0.29, 0.717) is 0 Å². The van der Waals surface area contributed by atoms with Gasteiger partial charge in [0.1, 0.15) is 0 Å². The van der Waals surface area contributed by atoms with Crippen LogP contribution in [0.1, 0.15) is 31.2 Å². The van der Waals surface area contributed by atoms with Gasteiger partial charge >= 0.3 is 0 Å². The minimum Gasteiger partial charge on any atom is -0.381 e. The number of ether oxygens (including phenoxy) is 1. The second kappa shape index (κ2) is 6.51. The Morgan fingerprint density at radius 3 is 2.65 bits per heavy atom. The first-order valence-corrected chi connectivity index (χ1v) is 6.71. The molecule has 0 saturated heterocycles. The summed E-state index contributed by atoms with van der Waals surface area (Å²) < 4.78 is 5.27. The van der Waals surface area contributed by atoms with E-state index in [-0.39, 0.29) is 30.0 Å².